The average molecular weight is 440 g/mol. The van der Waals surface area contributed by atoms with Crippen LogP contribution in [0, 0.1) is 0 Å². The van der Waals surface area contributed by atoms with Gasteiger partial charge in [-0.05, 0) is 30.3 Å². The molecule has 8 nitrogen and oxygen atoms in total. The highest BCUT2D eigenvalue weighted by Crippen LogP contribution is 2.31. The number of benzene rings is 2. The van der Waals surface area contributed by atoms with Gasteiger partial charge in [-0.2, -0.15) is 5.10 Å². The molecule has 5 aromatic rings. The predicted molar refractivity (Wildman–Crippen MR) is 117 cm³/mol. The SMILES string of the molecule is Cn1ncc2c(Oc3ccc4c(c3)nc(Nc3ccc(Cl)c(Cl)c3)n4C)ncnc21. The van der Waals surface area contributed by atoms with Gasteiger partial charge in [0.05, 0.1) is 27.3 Å². The number of ether oxygens (including phenoxy) is 1. The van der Waals surface area contributed by atoms with Crippen molar-refractivity contribution in [1.29, 1.82) is 0 Å². The summed E-state index contributed by atoms with van der Waals surface area (Å²) in [5, 5.41) is 9.18. The molecule has 5 rings (SSSR count). The molecule has 30 heavy (non-hydrogen) atoms. The maximum Gasteiger partial charge on any atom is 0.233 e. The summed E-state index contributed by atoms with van der Waals surface area (Å²) in [4.78, 5) is 13.1. The van der Waals surface area contributed by atoms with Gasteiger partial charge in [-0.25, -0.2) is 15.0 Å². The minimum atomic E-state index is 0.442. The zero-order valence-electron chi connectivity index (χ0n) is 16.0. The van der Waals surface area contributed by atoms with Crippen molar-refractivity contribution in [2.45, 2.75) is 0 Å². The summed E-state index contributed by atoms with van der Waals surface area (Å²) in [7, 11) is 3.75. The molecule has 0 aliphatic heterocycles. The molecule has 0 aliphatic rings. The third kappa shape index (κ3) is 3.20. The Morgan fingerprint density at radius 3 is 2.70 bits per heavy atom. The van der Waals surface area contributed by atoms with E-state index in [1.54, 1.807) is 23.0 Å². The molecule has 0 amide bonds. The van der Waals surface area contributed by atoms with E-state index in [1.807, 2.05) is 42.9 Å². The number of hydrogen-bond acceptors (Lipinski definition) is 6. The molecule has 2 aromatic carbocycles. The average Bonchev–Trinajstić information content (AvgIpc) is 3.26. The van der Waals surface area contributed by atoms with Crippen LogP contribution in [0.15, 0.2) is 48.9 Å². The fraction of sp³-hybridized carbons (Fsp3) is 0.100. The van der Waals surface area contributed by atoms with Crippen molar-refractivity contribution in [3.8, 4) is 11.6 Å². The lowest BCUT2D eigenvalue weighted by molar-refractivity contribution is 0.468. The van der Waals surface area contributed by atoms with Crippen molar-refractivity contribution in [1.82, 2.24) is 29.3 Å². The number of fused-ring (bicyclic) bond motifs is 2. The van der Waals surface area contributed by atoms with E-state index < -0.39 is 0 Å². The second-order valence-electron chi connectivity index (χ2n) is 6.69. The van der Waals surface area contributed by atoms with Gasteiger partial charge in [-0.1, -0.05) is 23.2 Å². The number of aryl methyl sites for hydroxylation is 2. The zero-order chi connectivity index (χ0) is 20.8. The van der Waals surface area contributed by atoms with E-state index in [0.717, 1.165) is 22.1 Å². The van der Waals surface area contributed by atoms with Crippen LogP contribution in [0.2, 0.25) is 10.0 Å². The van der Waals surface area contributed by atoms with Gasteiger partial charge in [-0.3, -0.25) is 4.68 Å². The van der Waals surface area contributed by atoms with E-state index in [2.05, 4.69) is 25.4 Å². The molecule has 0 bridgehead atoms. The molecule has 0 radical (unpaired) electrons. The number of halogens is 2. The first-order chi connectivity index (χ1) is 14.5. The summed E-state index contributed by atoms with van der Waals surface area (Å²) in [5.41, 5.74) is 3.21. The summed E-state index contributed by atoms with van der Waals surface area (Å²) in [6.07, 6.45) is 3.14. The van der Waals surface area contributed by atoms with E-state index >= 15 is 0 Å². The van der Waals surface area contributed by atoms with Crippen LogP contribution in [0.4, 0.5) is 11.6 Å². The second kappa shape index (κ2) is 7.16. The molecule has 0 spiro atoms. The molecule has 3 heterocycles. The van der Waals surface area contributed by atoms with Crippen LogP contribution in [0.25, 0.3) is 22.1 Å². The third-order valence-electron chi connectivity index (χ3n) is 4.74. The van der Waals surface area contributed by atoms with Crippen LogP contribution in [0.1, 0.15) is 0 Å². The van der Waals surface area contributed by atoms with Crippen molar-refractivity contribution >= 4 is 56.9 Å². The monoisotopic (exact) mass is 439 g/mol. The Morgan fingerprint density at radius 2 is 1.87 bits per heavy atom. The number of rotatable bonds is 4. The zero-order valence-corrected chi connectivity index (χ0v) is 17.5. The summed E-state index contributed by atoms with van der Waals surface area (Å²) in [5.74, 6) is 1.72. The van der Waals surface area contributed by atoms with E-state index in [9.17, 15) is 0 Å². The van der Waals surface area contributed by atoms with Crippen molar-refractivity contribution in [3.05, 3.63) is 59.0 Å². The number of nitrogens with one attached hydrogen (secondary N) is 1. The van der Waals surface area contributed by atoms with Crippen LogP contribution < -0.4 is 10.1 Å². The lowest BCUT2D eigenvalue weighted by Gasteiger charge is -2.07. The number of hydrogen-bond donors (Lipinski definition) is 1. The molecule has 150 valence electrons. The molecule has 10 heteroatoms. The molecule has 0 unspecified atom stereocenters. The van der Waals surface area contributed by atoms with E-state index in [4.69, 9.17) is 27.9 Å². The van der Waals surface area contributed by atoms with Crippen LogP contribution in [0.3, 0.4) is 0 Å². The van der Waals surface area contributed by atoms with E-state index in [-0.39, 0.29) is 0 Å². The molecule has 0 fully saturated rings. The molecule has 0 saturated carbocycles. The fourth-order valence-electron chi connectivity index (χ4n) is 3.19. The maximum absolute atomic E-state index is 6.11. The van der Waals surface area contributed by atoms with Crippen LogP contribution in [-0.4, -0.2) is 29.3 Å². The number of imidazole rings is 1. The normalized spacial score (nSPS) is 11.3. The quantitative estimate of drug-likeness (QED) is 0.419. The van der Waals surface area contributed by atoms with Gasteiger partial charge >= 0.3 is 0 Å². The standard InChI is InChI=1S/C20H15Cl2N7O/c1-28-17-6-4-12(30-19-13-9-25-29(2)18(13)23-10-24-19)8-16(17)27-20(28)26-11-3-5-14(21)15(22)7-11/h3-10H,1-2H3,(H,26,27). The Hall–Kier alpha value is -3.36. The number of nitrogens with zero attached hydrogens (tertiary/aromatic N) is 6. The van der Waals surface area contributed by atoms with Crippen LogP contribution in [0.5, 0.6) is 11.6 Å². The first-order valence-electron chi connectivity index (χ1n) is 8.99. The first kappa shape index (κ1) is 18.7. The maximum atomic E-state index is 6.11. The lowest BCUT2D eigenvalue weighted by atomic mass is 10.3. The smallest absolute Gasteiger partial charge is 0.233 e. The summed E-state index contributed by atoms with van der Waals surface area (Å²) in [6.45, 7) is 0. The largest absolute Gasteiger partial charge is 0.438 e. The van der Waals surface area contributed by atoms with Crippen molar-refractivity contribution in [2.75, 3.05) is 5.32 Å². The molecule has 0 atom stereocenters. The van der Waals surface area contributed by atoms with Gasteiger partial charge in [-0.15, -0.1) is 0 Å². The molecule has 3 aromatic heterocycles. The van der Waals surface area contributed by atoms with Crippen molar-refractivity contribution < 1.29 is 4.74 Å². The fourth-order valence-corrected chi connectivity index (χ4v) is 3.49. The van der Waals surface area contributed by atoms with Gasteiger partial charge in [0.2, 0.25) is 11.8 Å². The summed E-state index contributed by atoms with van der Waals surface area (Å²) in [6, 6.07) is 11.0. The van der Waals surface area contributed by atoms with E-state index in [0.29, 0.717) is 33.3 Å². The van der Waals surface area contributed by atoms with Gasteiger partial charge in [0.1, 0.15) is 17.5 Å². The Labute approximate surface area is 181 Å². The Kier molecular flexibility index (Phi) is 4.45. The minimum absolute atomic E-state index is 0.442. The topological polar surface area (TPSA) is 82.7 Å². The lowest BCUT2D eigenvalue weighted by Crippen LogP contribution is -1.98. The van der Waals surface area contributed by atoms with Gasteiger partial charge in [0.25, 0.3) is 0 Å². The Balaban J connectivity index is 1.47. The predicted octanol–water partition coefficient (Wildman–Crippen LogP) is 5.09. The van der Waals surface area contributed by atoms with Gasteiger partial charge in [0, 0.05) is 25.8 Å². The molecule has 0 aliphatic carbocycles. The molecule has 1 N–H and O–H groups in total. The van der Waals surface area contributed by atoms with Crippen LogP contribution >= 0.6 is 23.2 Å². The van der Waals surface area contributed by atoms with Crippen molar-refractivity contribution in [2.24, 2.45) is 14.1 Å². The molecule has 0 saturated heterocycles. The highest BCUT2D eigenvalue weighted by molar-refractivity contribution is 6.42. The number of aromatic nitrogens is 6. The van der Waals surface area contributed by atoms with Crippen LogP contribution in [-0.2, 0) is 14.1 Å². The van der Waals surface area contributed by atoms with Gasteiger partial charge in [0.15, 0.2) is 5.65 Å². The first-order valence-corrected chi connectivity index (χ1v) is 9.74. The molecular weight excluding hydrogens is 425 g/mol. The second-order valence-corrected chi connectivity index (χ2v) is 7.50. The Bertz CT molecular complexity index is 1410. The Morgan fingerprint density at radius 1 is 1.00 bits per heavy atom. The summed E-state index contributed by atoms with van der Waals surface area (Å²) < 4.78 is 9.63. The highest BCUT2D eigenvalue weighted by atomic mass is 35.5. The summed E-state index contributed by atoms with van der Waals surface area (Å²) >= 11 is 12.1. The van der Waals surface area contributed by atoms with Crippen molar-refractivity contribution in [3.63, 3.8) is 0 Å². The highest BCUT2D eigenvalue weighted by Gasteiger charge is 2.13. The third-order valence-corrected chi connectivity index (χ3v) is 5.47. The number of anilines is 2. The minimum Gasteiger partial charge on any atom is -0.438 e. The van der Waals surface area contributed by atoms with E-state index in [1.165, 1.54) is 6.33 Å². The van der Waals surface area contributed by atoms with Gasteiger partial charge < -0.3 is 14.6 Å². The molecular formula is C20H15Cl2N7O.